The van der Waals surface area contributed by atoms with E-state index in [1.54, 1.807) is 0 Å². The molecule has 0 saturated carbocycles. The summed E-state index contributed by atoms with van der Waals surface area (Å²) in [6, 6.07) is 4.32. The number of aryl methyl sites for hydroxylation is 1. The monoisotopic (exact) mass is 174 g/mol. The molecule has 1 aromatic carbocycles. The van der Waals surface area contributed by atoms with Crippen LogP contribution >= 0.6 is 0 Å². The van der Waals surface area contributed by atoms with Crippen molar-refractivity contribution in [2.45, 2.75) is 33.6 Å². The Morgan fingerprint density at radius 1 is 1.23 bits per heavy atom. The second kappa shape index (κ2) is 3.78. The summed E-state index contributed by atoms with van der Waals surface area (Å²) < 4.78 is 0. The van der Waals surface area contributed by atoms with Gasteiger partial charge < -0.3 is 0 Å². The molecule has 0 spiro atoms. The summed E-state index contributed by atoms with van der Waals surface area (Å²) in [7, 11) is 0. The van der Waals surface area contributed by atoms with Crippen molar-refractivity contribution in [3.05, 3.63) is 41.0 Å². The second-order valence-electron chi connectivity index (χ2n) is 3.87. The zero-order valence-corrected chi connectivity index (χ0v) is 9.02. The maximum atomic E-state index is 3.84. The highest BCUT2D eigenvalue weighted by Gasteiger charge is 2.08. The van der Waals surface area contributed by atoms with E-state index in [4.69, 9.17) is 0 Å². The van der Waals surface area contributed by atoms with Gasteiger partial charge in [0.05, 0.1) is 0 Å². The molecule has 0 amide bonds. The third-order valence-electron chi connectivity index (χ3n) is 2.62. The zero-order valence-electron chi connectivity index (χ0n) is 9.02. The van der Waals surface area contributed by atoms with E-state index in [9.17, 15) is 0 Å². The molecule has 0 radical (unpaired) electrons. The molecule has 0 aromatic heterocycles. The molecule has 1 aromatic rings. The van der Waals surface area contributed by atoms with Crippen molar-refractivity contribution in [2.75, 3.05) is 0 Å². The topological polar surface area (TPSA) is 0 Å². The van der Waals surface area contributed by atoms with Crippen LogP contribution in [0, 0.1) is 13.8 Å². The summed E-state index contributed by atoms with van der Waals surface area (Å²) in [5.74, 6) is 0.577. The molecular formula is C13H18. The van der Waals surface area contributed by atoms with Crippen molar-refractivity contribution in [1.82, 2.24) is 0 Å². The van der Waals surface area contributed by atoms with E-state index in [0.717, 1.165) is 0 Å². The number of rotatable bonds is 2. The Morgan fingerprint density at radius 3 is 2.31 bits per heavy atom. The summed E-state index contributed by atoms with van der Waals surface area (Å²) in [4.78, 5) is 0. The van der Waals surface area contributed by atoms with E-state index in [1.807, 2.05) is 6.08 Å². The van der Waals surface area contributed by atoms with E-state index in [1.165, 1.54) is 22.3 Å². The molecule has 0 unspecified atom stereocenters. The van der Waals surface area contributed by atoms with Crippen LogP contribution < -0.4 is 0 Å². The summed E-state index contributed by atoms with van der Waals surface area (Å²) in [6.45, 7) is 12.7. The van der Waals surface area contributed by atoms with Gasteiger partial charge in [-0.15, -0.1) is 0 Å². The maximum Gasteiger partial charge on any atom is -0.0210 e. The van der Waals surface area contributed by atoms with Gasteiger partial charge in [-0.05, 0) is 42.0 Å². The molecule has 0 N–H and O–H groups in total. The fourth-order valence-electron chi connectivity index (χ4n) is 1.80. The Labute approximate surface area is 81.3 Å². The molecule has 0 heteroatoms. The van der Waals surface area contributed by atoms with Crippen molar-refractivity contribution in [2.24, 2.45) is 0 Å². The van der Waals surface area contributed by atoms with Gasteiger partial charge in [-0.1, -0.05) is 38.6 Å². The first-order valence-corrected chi connectivity index (χ1v) is 4.80. The highest BCUT2D eigenvalue weighted by atomic mass is 14.1. The average molecular weight is 174 g/mol. The Balaban J connectivity index is 3.41. The highest BCUT2D eigenvalue weighted by Crippen LogP contribution is 2.26. The molecule has 70 valence electrons. The summed E-state index contributed by atoms with van der Waals surface area (Å²) >= 11 is 0. The van der Waals surface area contributed by atoms with Crippen LogP contribution in [0.25, 0.3) is 6.08 Å². The highest BCUT2D eigenvalue weighted by molar-refractivity contribution is 5.57. The normalized spacial score (nSPS) is 10.5. The SMILES string of the molecule is C=Cc1ccc(C)c(C)c1C(C)C. The molecule has 0 fully saturated rings. The predicted molar refractivity (Wildman–Crippen MR) is 60.1 cm³/mol. The van der Waals surface area contributed by atoms with Crippen LogP contribution in [0.5, 0.6) is 0 Å². The van der Waals surface area contributed by atoms with Crippen LogP contribution in [0.3, 0.4) is 0 Å². The zero-order chi connectivity index (χ0) is 10.0. The first-order chi connectivity index (χ1) is 6.07. The minimum atomic E-state index is 0.577. The van der Waals surface area contributed by atoms with Gasteiger partial charge in [-0.2, -0.15) is 0 Å². The minimum Gasteiger partial charge on any atom is -0.0985 e. The van der Waals surface area contributed by atoms with Gasteiger partial charge in [0.1, 0.15) is 0 Å². The van der Waals surface area contributed by atoms with E-state index < -0.39 is 0 Å². The van der Waals surface area contributed by atoms with Crippen molar-refractivity contribution in [1.29, 1.82) is 0 Å². The molecule has 13 heavy (non-hydrogen) atoms. The first kappa shape index (κ1) is 10.0. The number of hydrogen-bond acceptors (Lipinski definition) is 0. The first-order valence-electron chi connectivity index (χ1n) is 4.80. The molecule has 0 heterocycles. The quantitative estimate of drug-likeness (QED) is 0.634. The largest absolute Gasteiger partial charge is 0.0985 e. The van der Waals surface area contributed by atoms with Gasteiger partial charge in [0.25, 0.3) is 0 Å². The Bertz CT molecular complexity index is 319. The van der Waals surface area contributed by atoms with Crippen molar-refractivity contribution in [3.63, 3.8) is 0 Å². The third kappa shape index (κ3) is 1.82. The van der Waals surface area contributed by atoms with E-state index >= 15 is 0 Å². The van der Waals surface area contributed by atoms with E-state index in [0.29, 0.717) is 5.92 Å². The van der Waals surface area contributed by atoms with Crippen molar-refractivity contribution >= 4 is 6.08 Å². The van der Waals surface area contributed by atoms with Crippen LogP contribution in [-0.2, 0) is 0 Å². The van der Waals surface area contributed by atoms with Gasteiger partial charge in [0, 0.05) is 0 Å². The molecule has 0 aliphatic heterocycles. The lowest BCUT2D eigenvalue weighted by Gasteiger charge is -2.15. The number of hydrogen-bond donors (Lipinski definition) is 0. The summed E-state index contributed by atoms with van der Waals surface area (Å²) in [6.07, 6.45) is 1.95. The molecule has 0 bridgehead atoms. The van der Waals surface area contributed by atoms with Gasteiger partial charge in [0.15, 0.2) is 0 Å². The molecule has 0 saturated heterocycles. The lowest BCUT2D eigenvalue weighted by atomic mass is 9.90. The molecule has 0 aliphatic rings. The molecule has 0 nitrogen and oxygen atoms in total. The van der Waals surface area contributed by atoms with Crippen LogP contribution in [0.4, 0.5) is 0 Å². The van der Waals surface area contributed by atoms with Crippen molar-refractivity contribution in [3.8, 4) is 0 Å². The van der Waals surface area contributed by atoms with Gasteiger partial charge in [0.2, 0.25) is 0 Å². The van der Waals surface area contributed by atoms with Gasteiger partial charge in [-0.3, -0.25) is 0 Å². The number of benzene rings is 1. The molecule has 1 rings (SSSR count). The third-order valence-corrected chi connectivity index (χ3v) is 2.62. The maximum absolute atomic E-state index is 3.84. The standard InChI is InChI=1S/C13H18/c1-6-12-8-7-10(4)11(5)13(12)9(2)3/h6-9H,1H2,2-5H3. The average Bonchev–Trinajstić information content (AvgIpc) is 2.08. The van der Waals surface area contributed by atoms with E-state index in [-0.39, 0.29) is 0 Å². The second-order valence-corrected chi connectivity index (χ2v) is 3.87. The molecular weight excluding hydrogens is 156 g/mol. The smallest absolute Gasteiger partial charge is 0.0210 e. The minimum absolute atomic E-state index is 0.577. The summed E-state index contributed by atoms with van der Waals surface area (Å²) in [5.41, 5.74) is 5.50. The Morgan fingerprint density at radius 2 is 1.85 bits per heavy atom. The lowest BCUT2D eigenvalue weighted by molar-refractivity contribution is 0.851. The molecule has 0 aliphatic carbocycles. The van der Waals surface area contributed by atoms with Gasteiger partial charge >= 0.3 is 0 Å². The summed E-state index contributed by atoms with van der Waals surface area (Å²) in [5, 5.41) is 0. The van der Waals surface area contributed by atoms with Gasteiger partial charge in [-0.25, -0.2) is 0 Å². The Kier molecular flexibility index (Phi) is 2.92. The fraction of sp³-hybridized carbons (Fsp3) is 0.385. The predicted octanol–water partition coefficient (Wildman–Crippen LogP) is 4.07. The van der Waals surface area contributed by atoms with E-state index in [2.05, 4.69) is 46.4 Å². The Hall–Kier alpha value is -1.04. The van der Waals surface area contributed by atoms with Crippen LogP contribution in [0.15, 0.2) is 18.7 Å². The van der Waals surface area contributed by atoms with Crippen LogP contribution in [0.1, 0.15) is 42.0 Å². The molecule has 0 atom stereocenters. The van der Waals surface area contributed by atoms with Crippen molar-refractivity contribution < 1.29 is 0 Å². The van der Waals surface area contributed by atoms with Crippen LogP contribution in [0.2, 0.25) is 0 Å². The lowest BCUT2D eigenvalue weighted by Crippen LogP contribution is -1.97. The van der Waals surface area contributed by atoms with Crippen LogP contribution in [-0.4, -0.2) is 0 Å². The fourth-order valence-corrected chi connectivity index (χ4v) is 1.80.